The predicted octanol–water partition coefficient (Wildman–Crippen LogP) is 2.59. The van der Waals surface area contributed by atoms with E-state index in [9.17, 15) is 0 Å². The van der Waals surface area contributed by atoms with Gasteiger partial charge in [0, 0.05) is 30.4 Å². The van der Waals surface area contributed by atoms with Crippen molar-refractivity contribution in [3.63, 3.8) is 0 Å². The maximum atomic E-state index is 5.80. The van der Waals surface area contributed by atoms with Gasteiger partial charge >= 0.3 is 0 Å². The van der Waals surface area contributed by atoms with Crippen LogP contribution in [0.3, 0.4) is 0 Å². The Labute approximate surface area is 99.7 Å². The highest BCUT2D eigenvalue weighted by Crippen LogP contribution is 2.26. The minimum absolute atomic E-state index is 0.0900. The molecule has 1 aromatic carbocycles. The molecule has 4 heteroatoms. The quantitative estimate of drug-likeness (QED) is 0.886. The van der Waals surface area contributed by atoms with E-state index >= 15 is 0 Å². The molecule has 3 nitrogen and oxygen atoms in total. The number of aromatic nitrogens is 2. The lowest BCUT2D eigenvalue weighted by Gasteiger charge is -2.06. The standard InChI is InChI=1S/C12H15N3S/c1-9(13)10-3-5-11(6-4-10)16-12-14-7-8-15(12)2/h3-9H,13H2,1-2H3. The van der Waals surface area contributed by atoms with Crippen molar-refractivity contribution in [2.75, 3.05) is 0 Å². The highest BCUT2D eigenvalue weighted by Gasteiger charge is 2.03. The first kappa shape index (κ1) is 11.2. The third-order valence-corrected chi connectivity index (χ3v) is 3.48. The summed E-state index contributed by atoms with van der Waals surface area (Å²) < 4.78 is 2.00. The Morgan fingerprint density at radius 1 is 1.31 bits per heavy atom. The van der Waals surface area contributed by atoms with Gasteiger partial charge in [-0.1, -0.05) is 23.9 Å². The van der Waals surface area contributed by atoms with Crippen LogP contribution in [0.25, 0.3) is 0 Å². The van der Waals surface area contributed by atoms with E-state index < -0.39 is 0 Å². The number of nitrogens with two attached hydrogens (primary N) is 1. The van der Waals surface area contributed by atoms with Crippen molar-refractivity contribution in [1.29, 1.82) is 0 Å². The summed E-state index contributed by atoms with van der Waals surface area (Å²) in [6.07, 6.45) is 3.75. The molecule has 0 saturated carbocycles. The largest absolute Gasteiger partial charge is 0.329 e. The molecule has 0 radical (unpaired) electrons. The number of imidazole rings is 1. The monoisotopic (exact) mass is 233 g/mol. The third-order valence-electron chi connectivity index (χ3n) is 2.39. The van der Waals surface area contributed by atoms with Crippen LogP contribution >= 0.6 is 11.8 Å². The van der Waals surface area contributed by atoms with E-state index in [1.54, 1.807) is 18.0 Å². The molecule has 0 aliphatic rings. The third kappa shape index (κ3) is 2.46. The lowest BCUT2D eigenvalue weighted by molar-refractivity contribution is 0.789. The second-order valence-corrected chi connectivity index (χ2v) is 4.82. The molecule has 1 aromatic heterocycles. The lowest BCUT2D eigenvalue weighted by atomic mass is 10.1. The molecular formula is C12H15N3S. The van der Waals surface area contributed by atoms with Crippen LogP contribution in [0.2, 0.25) is 0 Å². The summed E-state index contributed by atoms with van der Waals surface area (Å²) in [4.78, 5) is 5.45. The Bertz CT molecular complexity index is 459. The van der Waals surface area contributed by atoms with Crippen LogP contribution in [0, 0.1) is 0 Å². The summed E-state index contributed by atoms with van der Waals surface area (Å²) >= 11 is 1.65. The van der Waals surface area contributed by atoms with Crippen molar-refractivity contribution >= 4 is 11.8 Å². The van der Waals surface area contributed by atoms with Gasteiger partial charge in [0.15, 0.2) is 5.16 Å². The van der Waals surface area contributed by atoms with Crippen molar-refractivity contribution < 1.29 is 0 Å². The average Bonchev–Trinajstić information content (AvgIpc) is 2.65. The Morgan fingerprint density at radius 3 is 2.50 bits per heavy atom. The van der Waals surface area contributed by atoms with Crippen LogP contribution in [0.15, 0.2) is 46.7 Å². The fraction of sp³-hybridized carbons (Fsp3) is 0.250. The fourth-order valence-electron chi connectivity index (χ4n) is 1.40. The van der Waals surface area contributed by atoms with E-state index in [2.05, 4.69) is 29.2 Å². The Balaban J connectivity index is 2.14. The topological polar surface area (TPSA) is 43.8 Å². The van der Waals surface area contributed by atoms with E-state index in [1.807, 2.05) is 24.7 Å². The minimum atomic E-state index is 0.0900. The molecule has 2 rings (SSSR count). The van der Waals surface area contributed by atoms with Crippen molar-refractivity contribution in [2.24, 2.45) is 12.8 Å². The first-order valence-corrected chi connectivity index (χ1v) is 5.99. The van der Waals surface area contributed by atoms with Crippen molar-refractivity contribution in [2.45, 2.75) is 23.0 Å². The average molecular weight is 233 g/mol. The van der Waals surface area contributed by atoms with Crippen LogP contribution in [-0.2, 0) is 7.05 Å². The summed E-state index contributed by atoms with van der Waals surface area (Å²) in [5.41, 5.74) is 6.96. The summed E-state index contributed by atoms with van der Waals surface area (Å²) in [5, 5.41) is 0.994. The molecule has 0 saturated heterocycles. The molecule has 0 spiro atoms. The predicted molar refractivity (Wildman–Crippen MR) is 66.4 cm³/mol. The van der Waals surface area contributed by atoms with Crippen molar-refractivity contribution in [3.8, 4) is 0 Å². The molecule has 1 atom stereocenters. The molecule has 0 fully saturated rings. The number of rotatable bonds is 3. The van der Waals surface area contributed by atoms with Crippen LogP contribution in [0.4, 0.5) is 0 Å². The Kier molecular flexibility index (Phi) is 3.31. The van der Waals surface area contributed by atoms with Crippen molar-refractivity contribution in [3.05, 3.63) is 42.2 Å². The second-order valence-electron chi connectivity index (χ2n) is 3.78. The molecule has 2 N–H and O–H groups in total. The molecule has 84 valence electrons. The van der Waals surface area contributed by atoms with E-state index in [-0.39, 0.29) is 6.04 Å². The molecule has 1 heterocycles. The van der Waals surface area contributed by atoms with Gasteiger partial charge in [-0.15, -0.1) is 0 Å². The Morgan fingerprint density at radius 2 is 2.00 bits per heavy atom. The zero-order valence-corrected chi connectivity index (χ0v) is 10.2. The fourth-order valence-corrected chi connectivity index (χ4v) is 2.20. The van der Waals surface area contributed by atoms with E-state index in [1.165, 1.54) is 4.90 Å². The van der Waals surface area contributed by atoms with Gasteiger partial charge in [-0.05, 0) is 24.6 Å². The number of aryl methyl sites for hydroxylation is 1. The van der Waals surface area contributed by atoms with Gasteiger partial charge in [-0.2, -0.15) is 0 Å². The molecule has 0 bridgehead atoms. The van der Waals surface area contributed by atoms with Gasteiger partial charge in [0.05, 0.1) is 0 Å². The van der Waals surface area contributed by atoms with Gasteiger partial charge in [0.1, 0.15) is 0 Å². The van der Waals surface area contributed by atoms with Crippen LogP contribution in [0.5, 0.6) is 0 Å². The lowest BCUT2D eigenvalue weighted by Crippen LogP contribution is -2.04. The first-order chi connectivity index (χ1) is 7.66. The number of hydrogen-bond acceptors (Lipinski definition) is 3. The summed E-state index contributed by atoms with van der Waals surface area (Å²) in [5.74, 6) is 0. The minimum Gasteiger partial charge on any atom is -0.329 e. The number of benzene rings is 1. The first-order valence-electron chi connectivity index (χ1n) is 5.17. The highest BCUT2D eigenvalue weighted by molar-refractivity contribution is 7.99. The zero-order valence-electron chi connectivity index (χ0n) is 9.42. The zero-order chi connectivity index (χ0) is 11.5. The van der Waals surface area contributed by atoms with Gasteiger partial charge in [-0.25, -0.2) is 4.98 Å². The summed E-state index contributed by atoms with van der Waals surface area (Å²) in [6.45, 7) is 1.99. The van der Waals surface area contributed by atoms with E-state index in [4.69, 9.17) is 5.73 Å². The molecule has 16 heavy (non-hydrogen) atoms. The molecule has 0 aliphatic heterocycles. The molecule has 1 unspecified atom stereocenters. The summed E-state index contributed by atoms with van der Waals surface area (Å²) in [7, 11) is 1.99. The second kappa shape index (κ2) is 4.72. The smallest absolute Gasteiger partial charge is 0.172 e. The number of nitrogens with zero attached hydrogens (tertiary/aromatic N) is 2. The van der Waals surface area contributed by atoms with Gasteiger partial charge < -0.3 is 10.3 Å². The highest BCUT2D eigenvalue weighted by atomic mass is 32.2. The normalized spacial score (nSPS) is 12.7. The van der Waals surface area contributed by atoms with Crippen LogP contribution < -0.4 is 5.73 Å². The maximum Gasteiger partial charge on any atom is 0.172 e. The van der Waals surface area contributed by atoms with Gasteiger partial charge in [0.25, 0.3) is 0 Å². The molecular weight excluding hydrogens is 218 g/mol. The molecule has 0 amide bonds. The van der Waals surface area contributed by atoms with Gasteiger partial charge in [0.2, 0.25) is 0 Å². The van der Waals surface area contributed by atoms with Crippen molar-refractivity contribution in [1.82, 2.24) is 9.55 Å². The SMILES string of the molecule is CC(N)c1ccc(Sc2nccn2C)cc1. The van der Waals surface area contributed by atoms with E-state index in [0.29, 0.717) is 0 Å². The summed E-state index contributed by atoms with van der Waals surface area (Å²) in [6, 6.07) is 8.38. The van der Waals surface area contributed by atoms with Crippen LogP contribution in [-0.4, -0.2) is 9.55 Å². The van der Waals surface area contributed by atoms with Crippen LogP contribution in [0.1, 0.15) is 18.5 Å². The molecule has 0 aliphatic carbocycles. The molecule has 2 aromatic rings. The Hall–Kier alpha value is -1.26. The number of hydrogen-bond donors (Lipinski definition) is 1. The maximum absolute atomic E-state index is 5.80. The van der Waals surface area contributed by atoms with Gasteiger partial charge in [-0.3, -0.25) is 0 Å². The van der Waals surface area contributed by atoms with E-state index in [0.717, 1.165) is 10.7 Å².